The third-order valence-corrected chi connectivity index (χ3v) is 5.07. The second-order valence-corrected chi connectivity index (χ2v) is 6.93. The molecule has 2 atom stereocenters. The van der Waals surface area contributed by atoms with Crippen LogP contribution in [0.3, 0.4) is 0 Å². The van der Waals surface area contributed by atoms with Gasteiger partial charge >= 0.3 is 0 Å². The van der Waals surface area contributed by atoms with Crippen molar-refractivity contribution in [3.8, 4) is 0 Å². The van der Waals surface area contributed by atoms with Gasteiger partial charge < -0.3 is 20.3 Å². The smallest absolute Gasteiger partial charge is 0.251 e. The average molecular weight is 345 g/mol. The highest BCUT2D eigenvalue weighted by molar-refractivity contribution is 5.82. The van der Waals surface area contributed by atoms with E-state index in [9.17, 15) is 9.59 Å². The molecule has 0 bridgehead atoms. The molecule has 3 rings (SSSR count). The molecule has 0 aromatic heterocycles. The number of carbonyl (C=O) groups is 2. The van der Waals surface area contributed by atoms with E-state index in [2.05, 4.69) is 0 Å². The van der Waals surface area contributed by atoms with Crippen LogP contribution >= 0.6 is 0 Å². The molecule has 0 unspecified atom stereocenters. The van der Waals surface area contributed by atoms with Crippen molar-refractivity contribution in [3.63, 3.8) is 0 Å². The van der Waals surface area contributed by atoms with E-state index in [0.717, 1.165) is 18.4 Å². The van der Waals surface area contributed by atoms with Gasteiger partial charge in [0.05, 0.1) is 12.5 Å². The zero-order valence-corrected chi connectivity index (χ0v) is 14.8. The predicted octanol–water partition coefficient (Wildman–Crippen LogP) is 0.715. The number of hydrogen-bond acceptors (Lipinski definition) is 4. The van der Waals surface area contributed by atoms with Crippen LogP contribution in [0.15, 0.2) is 24.3 Å². The quantitative estimate of drug-likeness (QED) is 0.872. The number of ether oxygens (including phenoxy) is 1. The van der Waals surface area contributed by atoms with Gasteiger partial charge in [-0.3, -0.25) is 9.59 Å². The van der Waals surface area contributed by atoms with E-state index >= 15 is 0 Å². The fraction of sp³-hybridized carbons (Fsp3) is 0.579. The van der Waals surface area contributed by atoms with Gasteiger partial charge in [-0.1, -0.05) is 29.8 Å². The molecule has 25 heavy (non-hydrogen) atoms. The molecule has 0 saturated carbocycles. The largest absolute Gasteiger partial charge is 0.364 e. The Morgan fingerprint density at radius 2 is 1.72 bits per heavy atom. The van der Waals surface area contributed by atoms with Gasteiger partial charge in [-0.25, -0.2) is 0 Å². The van der Waals surface area contributed by atoms with E-state index in [-0.39, 0.29) is 24.0 Å². The zero-order valence-electron chi connectivity index (χ0n) is 14.8. The molecule has 2 saturated heterocycles. The van der Waals surface area contributed by atoms with Gasteiger partial charge in [0.2, 0.25) is 5.91 Å². The van der Waals surface area contributed by atoms with Crippen molar-refractivity contribution in [3.05, 3.63) is 35.4 Å². The molecule has 1 aromatic rings. The van der Waals surface area contributed by atoms with Gasteiger partial charge in [-0.2, -0.15) is 0 Å². The van der Waals surface area contributed by atoms with Crippen molar-refractivity contribution in [2.45, 2.75) is 38.4 Å². The summed E-state index contributed by atoms with van der Waals surface area (Å²) in [5.41, 5.74) is 7.82. The lowest BCUT2D eigenvalue weighted by molar-refractivity contribution is -0.147. The van der Waals surface area contributed by atoms with E-state index in [1.165, 1.54) is 5.56 Å². The first kappa shape index (κ1) is 17.9. The highest BCUT2D eigenvalue weighted by Crippen LogP contribution is 2.21. The van der Waals surface area contributed by atoms with E-state index in [0.29, 0.717) is 39.1 Å². The summed E-state index contributed by atoms with van der Waals surface area (Å²) in [4.78, 5) is 28.6. The van der Waals surface area contributed by atoms with Crippen molar-refractivity contribution in [1.82, 2.24) is 9.80 Å². The van der Waals surface area contributed by atoms with Crippen LogP contribution in [0.4, 0.5) is 0 Å². The van der Waals surface area contributed by atoms with Gasteiger partial charge in [-0.15, -0.1) is 0 Å². The first-order chi connectivity index (χ1) is 12.1. The van der Waals surface area contributed by atoms with Gasteiger partial charge in [0.1, 0.15) is 6.10 Å². The van der Waals surface area contributed by atoms with E-state index < -0.39 is 0 Å². The van der Waals surface area contributed by atoms with E-state index in [1.807, 2.05) is 41.0 Å². The molecule has 2 heterocycles. The summed E-state index contributed by atoms with van der Waals surface area (Å²) in [5.74, 6) is 0.165. The third kappa shape index (κ3) is 4.38. The van der Waals surface area contributed by atoms with Gasteiger partial charge in [0, 0.05) is 32.7 Å². The Balaban J connectivity index is 1.47. The molecule has 2 amide bonds. The molecule has 2 fully saturated rings. The molecule has 0 radical (unpaired) electrons. The van der Waals surface area contributed by atoms with Gasteiger partial charge in [0.25, 0.3) is 5.91 Å². The molecule has 2 N–H and O–H groups in total. The normalized spacial score (nSPS) is 23.8. The Hall–Kier alpha value is -1.92. The summed E-state index contributed by atoms with van der Waals surface area (Å²) in [6.45, 7) is 4.82. The lowest BCUT2D eigenvalue weighted by Crippen LogP contribution is -2.53. The Bertz CT molecular complexity index is 609. The van der Waals surface area contributed by atoms with Crippen LogP contribution in [-0.4, -0.2) is 66.5 Å². The minimum atomic E-state index is -0.358. The number of benzene rings is 1. The highest BCUT2D eigenvalue weighted by Gasteiger charge is 2.34. The maximum absolute atomic E-state index is 12.5. The minimum absolute atomic E-state index is 0.00586. The lowest BCUT2D eigenvalue weighted by atomic mass is 10.1. The second kappa shape index (κ2) is 7.97. The fourth-order valence-electron chi connectivity index (χ4n) is 3.43. The molecule has 1 aromatic carbocycles. The summed E-state index contributed by atoms with van der Waals surface area (Å²) < 4.78 is 5.69. The third-order valence-electron chi connectivity index (χ3n) is 5.07. The zero-order chi connectivity index (χ0) is 17.8. The standard InChI is InChI=1S/C19H27N3O3/c1-14-2-4-15(5-3-14)12-18(23)21-8-10-22(11-9-21)19(24)17-7-6-16(13-20)25-17/h2-5,16-17H,6-13,20H2,1H3/t16-,17+/m1/s1. The van der Waals surface area contributed by atoms with Crippen LogP contribution in [0.25, 0.3) is 0 Å². The first-order valence-electron chi connectivity index (χ1n) is 9.04. The number of hydrogen-bond donors (Lipinski definition) is 1. The predicted molar refractivity (Wildman–Crippen MR) is 95.0 cm³/mol. The number of rotatable bonds is 4. The van der Waals surface area contributed by atoms with Gasteiger partial charge in [-0.05, 0) is 25.3 Å². The number of piperazine rings is 1. The molecule has 136 valence electrons. The minimum Gasteiger partial charge on any atom is -0.364 e. The summed E-state index contributed by atoms with van der Waals surface area (Å²) in [6, 6.07) is 8.04. The molecule has 2 aliphatic rings. The van der Waals surface area contributed by atoms with Crippen molar-refractivity contribution in [2.75, 3.05) is 32.7 Å². The number of nitrogens with two attached hydrogens (primary N) is 1. The Morgan fingerprint density at radius 3 is 2.32 bits per heavy atom. The SMILES string of the molecule is Cc1ccc(CC(=O)N2CCN(C(=O)[C@@H]3CC[C@H](CN)O3)CC2)cc1. The monoisotopic (exact) mass is 345 g/mol. The number of nitrogens with zero attached hydrogens (tertiary/aromatic N) is 2. The Kier molecular flexibility index (Phi) is 5.71. The molecule has 0 spiro atoms. The number of amides is 2. The average Bonchev–Trinajstić information content (AvgIpc) is 3.12. The first-order valence-corrected chi connectivity index (χ1v) is 9.04. The van der Waals surface area contributed by atoms with Crippen LogP contribution < -0.4 is 5.73 Å². The molecule has 6 heteroatoms. The van der Waals surface area contributed by atoms with Crippen LogP contribution in [-0.2, 0) is 20.7 Å². The van der Waals surface area contributed by atoms with Crippen LogP contribution in [0.5, 0.6) is 0 Å². The second-order valence-electron chi connectivity index (χ2n) is 6.93. The molecule has 6 nitrogen and oxygen atoms in total. The number of carbonyl (C=O) groups excluding carboxylic acids is 2. The van der Waals surface area contributed by atoms with Crippen molar-refractivity contribution in [1.29, 1.82) is 0 Å². The van der Waals surface area contributed by atoms with E-state index in [1.54, 1.807) is 0 Å². The maximum atomic E-state index is 12.5. The fourth-order valence-corrected chi connectivity index (χ4v) is 3.43. The lowest BCUT2D eigenvalue weighted by Gasteiger charge is -2.36. The topological polar surface area (TPSA) is 75.9 Å². The summed E-state index contributed by atoms with van der Waals surface area (Å²) in [5, 5.41) is 0. The maximum Gasteiger partial charge on any atom is 0.251 e. The molecular formula is C19H27N3O3. The van der Waals surface area contributed by atoms with Crippen LogP contribution in [0.2, 0.25) is 0 Å². The molecule has 2 aliphatic heterocycles. The summed E-state index contributed by atoms with van der Waals surface area (Å²) >= 11 is 0. The van der Waals surface area contributed by atoms with Crippen molar-refractivity contribution >= 4 is 11.8 Å². The van der Waals surface area contributed by atoms with E-state index in [4.69, 9.17) is 10.5 Å². The van der Waals surface area contributed by atoms with Gasteiger partial charge in [0.15, 0.2) is 0 Å². The highest BCUT2D eigenvalue weighted by atomic mass is 16.5. The summed E-state index contributed by atoms with van der Waals surface area (Å²) in [7, 11) is 0. The molecular weight excluding hydrogens is 318 g/mol. The summed E-state index contributed by atoms with van der Waals surface area (Å²) in [6.07, 6.45) is 1.66. The van der Waals surface area contributed by atoms with Crippen LogP contribution in [0.1, 0.15) is 24.0 Å². The Labute approximate surface area is 148 Å². The Morgan fingerprint density at radius 1 is 1.08 bits per heavy atom. The van der Waals surface area contributed by atoms with Crippen LogP contribution in [0, 0.1) is 6.92 Å². The van der Waals surface area contributed by atoms with Crippen molar-refractivity contribution in [2.24, 2.45) is 5.73 Å². The number of aryl methyl sites for hydroxylation is 1. The molecule has 0 aliphatic carbocycles. The van der Waals surface area contributed by atoms with Crippen molar-refractivity contribution < 1.29 is 14.3 Å².